The molecule has 27 heavy (non-hydrogen) atoms. The van der Waals surface area contributed by atoms with Gasteiger partial charge in [-0.2, -0.15) is 15.9 Å². The third-order valence-electron chi connectivity index (χ3n) is 4.93. The zero-order valence-corrected chi connectivity index (χ0v) is 15.5. The van der Waals surface area contributed by atoms with Crippen molar-refractivity contribution in [1.82, 2.24) is 19.8 Å². The van der Waals surface area contributed by atoms with Gasteiger partial charge >= 0.3 is 0 Å². The van der Waals surface area contributed by atoms with E-state index in [9.17, 15) is 0 Å². The molecule has 1 aliphatic heterocycles. The Hall–Kier alpha value is -2.77. The smallest absolute Gasteiger partial charge is 0.186 e. The van der Waals surface area contributed by atoms with Gasteiger partial charge in [0.25, 0.3) is 0 Å². The molecule has 5 rings (SSSR count). The lowest BCUT2D eigenvalue weighted by Crippen LogP contribution is -2.18. The molecule has 0 bridgehead atoms. The van der Waals surface area contributed by atoms with Gasteiger partial charge in [0.05, 0.1) is 6.10 Å². The van der Waals surface area contributed by atoms with Crippen LogP contribution >= 0.6 is 11.3 Å². The van der Waals surface area contributed by atoms with Gasteiger partial charge < -0.3 is 10.1 Å². The van der Waals surface area contributed by atoms with Gasteiger partial charge in [0.2, 0.25) is 0 Å². The summed E-state index contributed by atoms with van der Waals surface area (Å²) in [6.07, 6.45) is 1.18. The number of nitrogens with one attached hydrogen (secondary N) is 1. The molecular weight excluding hydrogens is 358 g/mol. The summed E-state index contributed by atoms with van der Waals surface area (Å²) in [5.74, 6) is 2.00. The van der Waals surface area contributed by atoms with Gasteiger partial charge in [-0.3, -0.25) is 0 Å². The van der Waals surface area contributed by atoms with Crippen LogP contribution in [0.2, 0.25) is 0 Å². The monoisotopic (exact) mass is 377 g/mol. The van der Waals surface area contributed by atoms with Crippen LogP contribution in [0.15, 0.2) is 59.3 Å². The Bertz CT molecular complexity index is 1030. The molecule has 0 aliphatic carbocycles. The normalized spacial score (nSPS) is 19.6. The van der Waals surface area contributed by atoms with Gasteiger partial charge in [-0.1, -0.05) is 30.3 Å². The highest BCUT2D eigenvalue weighted by molar-refractivity contribution is 7.08. The van der Waals surface area contributed by atoms with Gasteiger partial charge in [-0.05, 0) is 35.6 Å². The molecule has 4 heterocycles. The van der Waals surface area contributed by atoms with Crippen molar-refractivity contribution in [2.75, 3.05) is 18.5 Å². The summed E-state index contributed by atoms with van der Waals surface area (Å²) in [5.41, 5.74) is 3.02. The van der Waals surface area contributed by atoms with E-state index in [1.54, 1.807) is 15.9 Å². The summed E-state index contributed by atoms with van der Waals surface area (Å²) in [4.78, 5) is 0. The molecular formula is C20H19N5OS. The number of ether oxygens (including phenoxy) is 1. The van der Waals surface area contributed by atoms with Crippen molar-refractivity contribution >= 4 is 22.8 Å². The maximum Gasteiger partial charge on any atom is 0.186 e. The van der Waals surface area contributed by atoms with Crippen molar-refractivity contribution in [3.05, 3.63) is 64.9 Å². The molecule has 0 unspecified atom stereocenters. The van der Waals surface area contributed by atoms with E-state index in [-0.39, 0.29) is 6.10 Å². The standard InChI is InChI=1S/C20H19N5OS/c1-2-4-14(5-3-1)19-15(8-10-26-19)12-21-17-6-7-18-22-23-20(25(18)24-17)16-9-11-27-13-16/h1-7,9,11,13,15,19H,8,10,12H2,(H,21,24)/t15-,19-/m0/s1. The van der Waals surface area contributed by atoms with E-state index in [0.29, 0.717) is 5.92 Å². The fourth-order valence-corrected chi connectivity index (χ4v) is 4.18. The van der Waals surface area contributed by atoms with Crippen molar-refractivity contribution < 1.29 is 4.74 Å². The molecule has 2 atom stereocenters. The third kappa shape index (κ3) is 3.20. The molecule has 136 valence electrons. The Morgan fingerprint density at radius 3 is 2.89 bits per heavy atom. The lowest BCUT2D eigenvalue weighted by molar-refractivity contribution is 0.0933. The Morgan fingerprint density at radius 1 is 1.11 bits per heavy atom. The largest absolute Gasteiger partial charge is 0.373 e. The Labute approximate surface area is 160 Å². The molecule has 0 saturated carbocycles. The van der Waals surface area contributed by atoms with Crippen LogP contribution in [0.1, 0.15) is 18.1 Å². The van der Waals surface area contributed by atoms with E-state index < -0.39 is 0 Å². The first-order chi connectivity index (χ1) is 13.4. The second-order valence-corrected chi connectivity index (χ2v) is 7.44. The van der Waals surface area contributed by atoms with E-state index in [2.05, 4.69) is 45.2 Å². The highest BCUT2D eigenvalue weighted by Gasteiger charge is 2.29. The van der Waals surface area contributed by atoms with E-state index in [1.807, 2.05) is 29.6 Å². The van der Waals surface area contributed by atoms with Crippen LogP contribution < -0.4 is 5.32 Å². The maximum absolute atomic E-state index is 5.98. The van der Waals surface area contributed by atoms with Gasteiger partial charge in [-0.15, -0.1) is 15.3 Å². The summed E-state index contributed by atoms with van der Waals surface area (Å²) < 4.78 is 7.78. The third-order valence-corrected chi connectivity index (χ3v) is 5.61. The Morgan fingerprint density at radius 2 is 2.04 bits per heavy atom. The van der Waals surface area contributed by atoms with Crippen LogP contribution in [-0.2, 0) is 4.74 Å². The Balaban J connectivity index is 1.35. The SMILES string of the molecule is c1ccc([C@@H]2OCC[C@H]2CNc2ccc3nnc(-c4ccsc4)n3n2)cc1. The second kappa shape index (κ2) is 7.09. The average molecular weight is 377 g/mol. The number of nitrogens with zero attached hydrogens (tertiary/aromatic N) is 4. The highest BCUT2D eigenvalue weighted by Crippen LogP contribution is 2.34. The summed E-state index contributed by atoms with van der Waals surface area (Å²) in [6, 6.07) is 16.4. The fraction of sp³-hybridized carbons (Fsp3) is 0.250. The molecule has 6 nitrogen and oxygen atoms in total. The van der Waals surface area contributed by atoms with Gasteiger partial charge in [-0.25, -0.2) is 0 Å². The summed E-state index contributed by atoms with van der Waals surface area (Å²) in [6.45, 7) is 1.61. The first kappa shape index (κ1) is 16.4. The molecule has 1 fully saturated rings. The summed E-state index contributed by atoms with van der Waals surface area (Å²) in [5, 5.41) is 20.7. The minimum absolute atomic E-state index is 0.138. The minimum atomic E-state index is 0.138. The van der Waals surface area contributed by atoms with Crippen molar-refractivity contribution in [3.63, 3.8) is 0 Å². The molecule has 1 aliphatic rings. The topological polar surface area (TPSA) is 64.3 Å². The van der Waals surface area contributed by atoms with E-state index in [0.717, 1.165) is 42.4 Å². The first-order valence-corrected chi connectivity index (χ1v) is 9.98. The minimum Gasteiger partial charge on any atom is -0.373 e. The lowest BCUT2D eigenvalue weighted by atomic mass is 9.95. The maximum atomic E-state index is 5.98. The van der Waals surface area contributed by atoms with Crippen molar-refractivity contribution in [2.24, 2.45) is 5.92 Å². The van der Waals surface area contributed by atoms with E-state index in [1.165, 1.54) is 5.56 Å². The zero-order chi connectivity index (χ0) is 18.1. The molecule has 1 aromatic carbocycles. The number of hydrogen-bond acceptors (Lipinski definition) is 6. The zero-order valence-electron chi connectivity index (χ0n) is 14.7. The molecule has 3 aromatic heterocycles. The number of aromatic nitrogens is 4. The average Bonchev–Trinajstić information content (AvgIpc) is 3.46. The highest BCUT2D eigenvalue weighted by atomic mass is 32.1. The lowest BCUT2D eigenvalue weighted by Gasteiger charge is -2.19. The second-order valence-electron chi connectivity index (χ2n) is 6.66. The van der Waals surface area contributed by atoms with Crippen LogP contribution in [0, 0.1) is 5.92 Å². The van der Waals surface area contributed by atoms with Gasteiger partial charge in [0.15, 0.2) is 11.5 Å². The van der Waals surface area contributed by atoms with Crippen molar-refractivity contribution in [3.8, 4) is 11.4 Å². The quantitative estimate of drug-likeness (QED) is 0.569. The molecule has 7 heteroatoms. The number of benzene rings is 1. The van der Waals surface area contributed by atoms with Gasteiger partial charge in [0, 0.05) is 30.0 Å². The predicted octanol–water partition coefficient (Wildman–Crippen LogP) is 4.04. The number of anilines is 1. The van der Waals surface area contributed by atoms with Crippen LogP contribution in [0.3, 0.4) is 0 Å². The molecule has 0 spiro atoms. The predicted molar refractivity (Wildman–Crippen MR) is 106 cm³/mol. The molecule has 0 amide bonds. The van der Waals surface area contributed by atoms with Crippen LogP contribution in [-0.4, -0.2) is 33.0 Å². The number of fused-ring (bicyclic) bond motifs is 1. The summed E-state index contributed by atoms with van der Waals surface area (Å²) >= 11 is 1.64. The van der Waals surface area contributed by atoms with Gasteiger partial charge in [0.1, 0.15) is 5.82 Å². The molecule has 1 saturated heterocycles. The molecule has 1 N–H and O–H groups in total. The summed E-state index contributed by atoms with van der Waals surface area (Å²) in [7, 11) is 0. The fourth-order valence-electron chi connectivity index (χ4n) is 3.54. The first-order valence-electron chi connectivity index (χ1n) is 9.04. The van der Waals surface area contributed by atoms with Crippen LogP contribution in [0.25, 0.3) is 17.0 Å². The Kier molecular flexibility index (Phi) is 4.31. The number of hydrogen-bond donors (Lipinski definition) is 1. The van der Waals surface area contributed by atoms with E-state index in [4.69, 9.17) is 9.84 Å². The number of thiophene rings is 1. The molecule has 4 aromatic rings. The van der Waals surface area contributed by atoms with Crippen molar-refractivity contribution in [2.45, 2.75) is 12.5 Å². The van der Waals surface area contributed by atoms with Crippen LogP contribution in [0.5, 0.6) is 0 Å². The van der Waals surface area contributed by atoms with E-state index >= 15 is 0 Å². The van der Waals surface area contributed by atoms with Crippen LogP contribution in [0.4, 0.5) is 5.82 Å². The number of rotatable bonds is 5. The molecule has 0 radical (unpaired) electrons. The van der Waals surface area contributed by atoms with Crippen molar-refractivity contribution in [1.29, 1.82) is 0 Å².